The Kier molecular flexibility index (Phi) is 7.72. The van der Waals surface area contributed by atoms with Crippen molar-refractivity contribution in [2.45, 2.75) is 45.3 Å². The summed E-state index contributed by atoms with van der Waals surface area (Å²) in [7, 11) is 1.80. The number of carbonyl (C=O) groups is 2. The van der Waals surface area contributed by atoms with Crippen LogP contribution in [0.5, 0.6) is 5.88 Å². The molecule has 1 aromatic heterocycles. The second-order valence-corrected chi connectivity index (χ2v) is 9.66. The highest BCUT2D eigenvalue weighted by Gasteiger charge is 2.37. The maximum Gasteiger partial charge on any atom is 0.259 e. The predicted octanol–water partition coefficient (Wildman–Crippen LogP) is 2.76. The summed E-state index contributed by atoms with van der Waals surface area (Å²) in [4.78, 5) is 33.9. The molecule has 1 aliphatic heterocycles. The Morgan fingerprint density at radius 3 is 2.74 bits per heavy atom. The number of amides is 2. The normalized spacial score (nSPS) is 20.5. The quantitative estimate of drug-likeness (QED) is 0.650. The Labute approximate surface area is 207 Å². The number of aliphatic hydroxyl groups is 1. The molecule has 1 aliphatic carbocycles. The zero-order valence-electron chi connectivity index (χ0n) is 20.6. The Bertz CT molecular complexity index is 1120. The summed E-state index contributed by atoms with van der Waals surface area (Å²) in [5, 5.41) is 9.82. The van der Waals surface area contributed by atoms with Crippen molar-refractivity contribution in [3.8, 4) is 17.7 Å². The van der Waals surface area contributed by atoms with Crippen LogP contribution in [0.2, 0.25) is 0 Å². The van der Waals surface area contributed by atoms with Crippen molar-refractivity contribution in [2.75, 3.05) is 26.7 Å². The number of rotatable bonds is 6. The molecular weight excluding hydrogens is 442 g/mol. The van der Waals surface area contributed by atoms with Gasteiger partial charge < -0.3 is 19.6 Å². The van der Waals surface area contributed by atoms with E-state index in [9.17, 15) is 14.7 Å². The van der Waals surface area contributed by atoms with Crippen molar-refractivity contribution in [3.63, 3.8) is 0 Å². The van der Waals surface area contributed by atoms with E-state index in [1.54, 1.807) is 29.1 Å². The lowest BCUT2D eigenvalue weighted by Crippen LogP contribution is -2.50. The summed E-state index contributed by atoms with van der Waals surface area (Å²) in [5.41, 5.74) is 2.06. The first kappa shape index (κ1) is 24.7. The SMILES string of the molecule is C[C@@H]1CN([C@H](C)CO)C(=O)c2cc(C#CCc3ccccc3)cnc2O[C@H]1CN(C)C(=O)C1CC1. The molecular formula is C28H33N3O4. The second-order valence-electron chi connectivity index (χ2n) is 9.66. The highest BCUT2D eigenvalue weighted by molar-refractivity contribution is 5.97. The van der Waals surface area contributed by atoms with E-state index in [1.807, 2.05) is 44.2 Å². The molecule has 1 fully saturated rings. The molecule has 7 heteroatoms. The molecule has 7 nitrogen and oxygen atoms in total. The zero-order chi connectivity index (χ0) is 24.9. The second kappa shape index (κ2) is 10.9. The van der Waals surface area contributed by atoms with Gasteiger partial charge in [-0.25, -0.2) is 4.98 Å². The van der Waals surface area contributed by atoms with Gasteiger partial charge in [0.15, 0.2) is 0 Å². The molecule has 1 N–H and O–H groups in total. The Balaban J connectivity index is 1.61. The van der Waals surface area contributed by atoms with E-state index in [0.29, 0.717) is 30.6 Å². The molecule has 1 saturated carbocycles. The van der Waals surface area contributed by atoms with Gasteiger partial charge >= 0.3 is 0 Å². The van der Waals surface area contributed by atoms with Crippen LogP contribution >= 0.6 is 0 Å². The minimum atomic E-state index is -0.366. The number of fused-ring (bicyclic) bond motifs is 1. The third kappa shape index (κ3) is 6.01. The summed E-state index contributed by atoms with van der Waals surface area (Å²) in [6.07, 6.45) is 3.76. The highest BCUT2D eigenvalue weighted by Crippen LogP contribution is 2.32. The minimum Gasteiger partial charge on any atom is -0.472 e. The molecule has 4 rings (SSSR count). The van der Waals surface area contributed by atoms with Gasteiger partial charge in [-0.15, -0.1) is 0 Å². The molecule has 0 saturated heterocycles. The molecule has 2 aromatic rings. The third-order valence-electron chi connectivity index (χ3n) is 6.65. The van der Waals surface area contributed by atoms with Crippen LogP contribution in [-0.2, 0) is 11.2 Å². The number of benzene rings is 1. The molecule has 2 heterocycles. The standard InChI is InChI=1S/C28H33N3O4/c1-19-16-31(20(2)18-32)28(34)24-14-22(11-7-10-21-8-5-4-6-9-21)15-29-26(24)35-25(19)17-30(3)27(33)23-12-13-23/h4-6,8-9,14-15,19-20,23,25,32H,10,12-13,16-18H2,1-3H3/t19-,20-,25+/m1/s1. The van der Waals surface area contributed by atoms with Gasteiger partial charge in [-0.3, -0.25) is 9.59 Å². The lowest BCUT2D eigenvalue weighted by Gasteiger charge is -2.37. The smallest absolute Gasteiger partial charge is 0.259 e. The molecule has 2 amide bonds. The van der Waals surface area contributed by atoms with Crippen LogP contribution in [-0.4, -0.2) is 70.6 Å². The van der Waals surface area contributed by atoms with Crippen LogP contribution in [0.1, 0.15) is 48.2 Å². The minimum absolute atomic E-state index is 0.0670. The molecule has 184 valence electrons. The fourth-order valence-electron chi connectivity index (χ4n) is 4.23. The summed E-state index contributed by atoms with van der Waals surface area (Å²) in [6.45, 7) is 4.48. The molecule has 0 bridgehead atoms. The van der Waals surface area contributed by atoms with Crippen molar-refractivity contribution in [2.24, 2.45) is 11.8 Å². The number of hydrogen-bond donors (Lipinski definition) is 1. The van der Waals surface area contributed by atoms with Crippen molar-refractivity contribution < 1.29 is 19.4 Å². The fraction of sp³-hybridized carbons (Fsp3) is 0.464. The van der Waals surface area contributed by atoms with Gasteiger partial charge in [-0.05, 0) is 31.4 Å². The first-order valence-corrected chi connectivity index (χ1v) is 12.2. The molecule has 2 aliphatic rings. The number of likely N-dealkylation sites (N-methyl/N-ethyl adjacent to an activating group) is 1. The number of nitrogens with zero attached hydrogens (tertiary/aromatic N) is 3. The zero-order valence-corrected chi connectivity index (χ0v) is 20.6. The van der Waals surface area contributed by atoms with E-state index in [-0.39, 0.29) is 48.3 Å². The monoisotopic (exact) mass is 475 g/mol. The number of ether oxygens (including phenoxy) is 1. The van der Waals surface area contributed by atoms with Crippen LogP contribution in [0, 0.1) is 23.7 Å². The van der Waals surface area contributed by atoms with Crippen LogP contribution < -0.4 is 4.74 Å². The molecule has 0 radical (unpaired) electrons. The predicted molar refractivity (Wildman–Crippen MR) is 133 cm³/mol. The van der Waals surface area contributed by atoms with E-state index in [1.165, 1.54) is 0 Å². The first-order chi connectivity index (χ1) is 16.9. The highest BCUT2D eigenvalue weighted by atomic mass is 16.5. The number of hydrogen-bond acceptors (Lipinski definition) is 5. The summed E-state index contributed by atoms with van der Waals surface area (Å²) < 4.78 is 6.27. The molecule has 1 aromatic carbocycles. The van der Waals surface area contributed by atoms with Crippen molar-refractivity contribution in [1.82, 2.24) is 14.8 Å². The average Bonchev–Trinajstić information content (AvgIpc) is 3.71. The Morgan fingerprint density at radius 1 is 1.31 bits per heavy atom. The van der Waals surface area contributed by atoms with Gasteiger partial charge in [0.1, 0.15) is 11.7 Å². The van der Waals surface area contributed by atoms with Gasteiger partial charge in [0.25, 0.3) is 5.91 Å². The van der Waals surface area contributed by atoms with Crippen LogP contribution in [0.4, 0.5) is 0 Å². The van der Waals surface area contributed by atoms with E-state index < -0.39 is 0 Å². The van der Waals surface area contributed by atoms with Gasteiger partial charge in [0.05, 0.1) is 19.2 Å². The van der Waals surface area contributed by atoms with Gasteiger partial charge in [0, 0.05) is 43.6 Å². The van der Waals surface area contributed by atoms with E-state index in [4.69, 9.17) is 4.74 Å². The summed E-state index contributed by atoms with van der Waals surface area (Å²) >= 11 is 0. The maximum atomic E-state index is 13.5. The van der Waals surface area contributed by atoms with Gasteiger partial charge in [0.2, 0.25) is 11.8 Å². The van der Waals surface area contributed by atoms with Crippen molar-refractivity contribution >= 4 is 11.8 Å². The summed E-state index contributed by atoms with van der Waals surface area (Å²) in [5.74, 6) is 6.44. The van der Waals surface area contributed by atoms with Crippen molar-refractivity contribution in [1.29, 1.82) is 0 Å². The number of aromatic nitrogens is 1. The Hall–Kier alpha value is -3.37. The molecule has 0 spiro atoms. The molecule has 35 heavy (non-hydrogen) atoms. The Morgan fingerprint density at radius 2 is 2.06 bits per heavy atom. The largest absolute Gasteiger partial charge is 0.472 e. The molecule has 3 atom stereocenters. The molecule has 0 unspecified atom stereocenters. The first-order valence-electron chi connectivity index (χ1n) is 12.2. The topological polar surface area (TPSA) is 83.0 Å². The summed E-state index contributed by atoms with van der Waals surface area (Å²) in [6, 6.07) is 11.3. The van der Waals surface area contributed by atoms with E-state index in [0.717, 1.165) is 18.4 Å². The van der Waals surface area contributed by atoms with Gasteiger partial charge in [-0.1, -0.05) is 49.1 Å². The number of carbonyl (C=O) groups excluding carboxylic acids is 2. The third-order valence-corrected chi connectivity index (χ3v) is 6.65. The lowest BCUT2D eigenvalue weighted by atomic mass is 9.99. The fourth-order valence-corrected chi connectivity index (χ4v) is 4.23. The van der Waals surface area contributed by atoms with Crippen LogP contribution in [0.25, 0.3) is 0 Å². The number of aliphatic hydroxyl groups excluding tert-OH is 1. The van der Waals surface area contributed by atoms with E-state index >= 15 is 0 Å². The van der Waals surface area contributed by atoms with Crippen molar-refractivity contribution in [3.05, 3.63) is 59.3 Å². The maximum absolute atomic E-state index is 13.5. The number of pyridine rings is 1. The van der Waals surface area contributed by atoms with Gasteiger partial charge in [-0.2, -0.15) is 0 Å². The lowest BCUT2D eigenvalue weighted by molar-refractivity contribution is -0.132. The van der Waals surface area contributed by atoms with Crippen LogP contribution in [0.3, 0.4) is 0 Å². The van der Waals surface area contributed by atoms with Crippen LogP contribution in [0.15, 0.2) is 42.6 Å². The average molecular weight is 476 g/mol. The van der Waals surface area contributed by atoms with E-state index in [2.05, 4.69) is 16.8 Å².